The van der Waals surface area contributed by atoms with Crippen LogP contribution in [0.4, 0.5) is 4.39 Å². The van der Waals surface area contributed by atoms with Crippen LogP contribution in [0.5, 0.6) is 0 Å². The van der Waals surface area contributed by atoms with Crippen LogP contribution >= 0.6 is 11.6 Å². The van der Waals surface area contributed by atoms with Crippen molar-refractivity contribution in [2.45, 2.75) is 39.1 Å². The van der Waals surface area contributed by atoms with Crippen molar-refractivity contribution in [2.24, 2.45) is 5.41 Å². The van der Waals surface area contributed by atoms with Crippen LogP contribution in [0, 0.1) is 11.2 Å². The molecule has 1 aromatic carbocycles. The molecular weight excluding hydrogens is 291 g/mol. The van der Waals surface area contributed by atoms with E-state index in [9.17, 15) is 4.39 Å². The topological polar surface area (TPSA) is 27.1 Å². The van der Waals surface area contributed by atoms with Crippen LogP contribution in [-0.2, 0) is 11.3 Å². The normalized spacial score (nSPS) is 13.8. The SMILES string of the molecule is COCCC(C)(C)Cn1c(C(C)Cl)nc2cc(F)ccc21. The Hall–Kier alpha value is -1.13. The summed E-state index contributed by atoms with van der Waals surface area (Å²) in [6, 6.07) is 4.69. The second-order valence-corrected chi connectivity index (χ2v) is 6.87. The summed E-state index contributed by atoms with van der Waals surface area (Å²) < 4.78 is 20.7. The van der Waals surface area contributed by atoms with Crippen molar-refractivity contribution >= 4 is 22.6 Å². The molecule has 21 heavy (non-hydrogen) atoms. The molecule has 0 saturated heterocycles. The number of aromatic nitrogens is 2. The van der Waals surface area contributed by atoms with Crippen molar-refractivity contribution in [3.8, 4) is 0 Å². The summed E-state index contributed by atoms with van der Waals surface area (Å²) in [6.45, 7) is 7.73. The number of methoxy groups -OCH3 is 1. The van der Waals surface area contributed by atoms with Gasteiger partial charge in [-0.05, 0) is 30.9 Å². The Kier molecular flexibility index (Phi) is 4.89. The van der Waals surface area contributed by atoms with Crippen molar-refractivity contribution in [1.82, 2.24) is 9.55 Å². The second-order valence-electron chi connectivity index (χ2n) is 6.21. The number of rotatable bonds is 6. The van der Waals surface area contributed by atoms with E-state index in [1.54, 1.807) is 13.2 Å². The van der Waals surface area contributed by atoms with Gasteiger partial charge in [-0.1, -0.05) is 13.8 Å². The second kappa shape index (κ2) is 6.32. The molecule has 116 valence electrons. The largest absolute Gasteiger partial charge is 0.385 e. The molecule has 0 amide bonds. The number of alkyl halides is 1. The molecule has 5 heteroatoms. The Morgan fingerprint density at radius 2 is 2.14 bits per heavy atom. The summed E-state index contributed by atoms with van der Waals surface area (Å²) in [5.74, 6) is 0.502. The smallest absolute Gasteiger partial charge is 0.127 e. The molecule has 2 rings (SSSR count). The lowest BCUT2D eigenvalue weighted by molar-refractivity contribution is 0.142. The molecule has 3 nitrogen and oxygen atoms in total. The third-order valence-electron chi connectivity index (χ3n) is 3.66. The van der Waals surface area contributed by atoms with Gasteiger partial charge >= 0.3 is 0 Å². The lowest BCUT2D eigenvalue weighted by Crippen LogP contribution is -2.23. The van der Waals surface area contributed by atoms with Gasteiger partial charge in [-0.3, -0.25) is 0 Å². The van der Waals surface area contributed by atoms with E-state index in [2.05, 4.69) is 23.4 Å². The average molecular weight is 313 g/mol. The highest BCUT2D eigenvalue weighted by atomic mass is 35.5. The fourth-order valence-corrected chi connectivity index (χ4v) is 2.64. The van der Waals surface area contributed by atoms with E-state index < -0.39 is 0 Å². The van der Waals surface area contributed by atoms with E-state index >= 15 is 0 Å². The number of benzene rings is 1. The molecule has 0 fully saturated rings. The van der Waals surface area contributed by atoms with Gasteiger partial charge in [-0.25, -0.2) is 9.37 Å². The number of nitrogens with zero attached hydrogens (tertiary/aromatic N) is 2. The standard InChI is InChI=1S/C16H22ClFN2O/c1-11(17)15-19-13-9-12(18)5-6-14(13)20(15)10-16(2,3)7-8-21-4/h5-6,9,11H,7-8,10H2,1-4H3. The Morgan fingerprint density at radius 1 is 1.43 bits per heavy atom. The molecule has 0 saturated carbocycles. The summed E-state index contributed by atoms with van der Waals surface area (Å²) in [5, 5.41) is -0.223. The highest BCUT2D eigenvalue weighted by Crippen LogP contribution is 2.30. The molecule has 0 N–H and O–H groups in total. The number of fused-ring (bicyclic) bond motifs is 1. The molecule has 1 aromatic heterocycles. The predicted molar refractivity (Wildman–Crippen MR) is 84.2 cm³/mol. The molecule has 0 aliphatic rings. The zero-order valence-corrected chi connectivity index (χ0v) is 13.7. The van der Waals surface area contributed by atoms with E-state index in [0.29, 0.717) is 12.1 Å². The minimum Gasteiger partial charge on any atom is -0.385 e. The van der Waals surface area contributed by atoms with Gasteiger partial charge in [0.1, 0.15) is 11.6 Å². The van der Waals surface area contributed by atoms with Crippen molar-refractivity contribution in [2.75, 3.05) is 13.7 Å². The van der Waals surface area contributed by atoms with Gasteiger partial charge in [-0.2, -0.15) is 0 Å². The Morgan fingerprint density at radius 3 is 2.76 bits per heavy atom. The number of halogens is 2. The first-order valence-corrected chi connectivity index (χ1v) is 7.56. The molecule has 0 spiro atoms. The van der Waals surface area contributed by atoms with E-state index in [0.717, 1.165) is 24.3 Å². The number of imidazole rings is 1. The van der Waals surface area contributed by atoms with Crippen molar-refractivity contribution in [1.29, 1.82) is 0 Å². The fourth-order valence-electron chi connectivity index (χ4n) is 2.48. The predicted octanol–water partition coefficient (Wildman–Crippen LogP) is 4.54. The maximum absolute atomic E-state index is 13.4. The first-order chi connectivity index (χ1) is 9.84. The maximum atomic E-state index is 13.4. The summed E-state index contributed by atoms with van der Waals surface area (Å²) in [6.07, 6.45) is 0.931. The molecule has 0 aliphatic carbocycles. The third-order valence-corrected chi connectivity index (χ3v) is 3.86. The van der Waals surface area contributed by atoms with Crippen LogP contribution in [0.2, 0.25) is 0 Å². The molecule has 2 aromatic rings. The van der Waals surface area contributed by atoms with Crippen LogP contribution < -0.4 is 0 Å². The molecule has 0 radical (unpaired) electrons. The monoisotopic (exact) mass is 312 g/mol. The Bertz CT molecular complexity index is 622. The highest BCUT2D eigenvalue weighted by Gasteiger charge is 2.23. The van der Waals surface area contributed by atoms with E-state index in [1.807, 2.05) is 6.92 Å². The fraction of sp³-hybridized carbons (Fsp3) is 0.562. The molecule has 1 unspecified atom stereocenters. The van der Waals surface area contributed by atoms with Crippen LogP contribution in [0.15, 0.2) is 18.2 Å². The van der Waals surface area contributed by atoms with Crippen molar-refractivity contribution < 1.29 is 9.13 Å². The molecule has 0 aliphatic heterocycles. The van der Waals surface area contributed by atoms with Crippen LogP contribution in [0.3, 0.4) is 0 Å². The number of hydrogen-bond donors (Lipinski definition) is 0. The Balaban J connectivity index is 2.43. The van der Waals surface area contributed by atoms with Gasteiger partial charge in [0.2, 0.25) is 0 Å². The summed E-state index contributed by atoms with van der Waals surface area (Å²) in [4.78, 5) is 4.50. The zero-order chi connectivity index (χ0) is 15.6. The van der Waals surface area contributed by atoms with Crippen molar-refractivity contribution in [3.05, 3.63) is 29.8 Å². The Labute approximate surface area is 130 Å². The van der Waals surface area contributed by atoms with E-state index in [4.69, 9.17) is 16.3 Å². The third kappa shape index (κ3) is 3.74. The maximum Gasteiger partial charge on any atom is 0.127 e. The van der Waals surface area contributed by atoms with Gasteiger partial charge in [0.25, 0.3) is 0 Å². The molecular formula is C16H22ClFN2O. The van der Waals surface area contributed by atoms with Gasteiger partial charge in [0.15, 0.2) is 0 Å². The minimum atomic E-state index is -0.278. The van der Waals surface area contributed by atoms with E-state index in [1.165, 1.54) is 12.1 Å². The molecule has 1 atom stereocenters. The summed E-state index contributed by atoms with van der Waals surface area (Å²) in [7, 11) is 1.71. The zero-order valence-electron chi connectivity index (χ0n) is 13.0. The average Bonchev–Trinajstić information content (AvgIpc) is 2.74. The van der Waals surface area contributed by atoms with Crippen molar-refractivity contribution in [3.63, 3.8) is 0 Å². The van der Waals surface area contributed by atoms with Gasteiger partial charge in [0, 0.05) is 26.3 Å². The summed E-state index contributed by atoms with van der Waals surface area (Å²) >= 11 is 6.25. The highest BCUT2D eigenvalue weighted by molar-refractivity contribution is 6.20. The first kappa shape index (κ1) is 16.2. The van der Waals surface area contributed by atoms with Gasteiger partial charge in [0.05, 0.1) is 16.4 Å². The van der Waals surface area contributed by atoms with Gasteiger partial charge in [-0.15, -0.1) is 11.6 Å². The molecule has 0 bridgehead atoms. The molecule has 1 heterocycles. The minimum absolute atomic E-state index is 0.0402. The van der Waals surface area contributed by atoms with Crippen LogP contribution in [0.1, 0.15) is 38.4 Å². The first-order valence-electron chi connectivity index (χ1n) is 7.13. The number of ether oxygens (including phenoxy) is 1. The lowest BCUT2D eigenvalue weighted by atomic mass is 9.89. The lowest BCUT2D eigenvalue weighted by Gasteiger charge is -2.26. The van der Waals surface area contributed by atoms with Crippen LogP contribution in [-0.4, -0.2) is 23.3 Å². The van der Waals surface area contributed by atoms with E-state index in [-0.39, 0.29) is 16.6 Å². The van der Waals surface area contributed by atoms with Crippen LogP contribution in [0.25, 0.3) is 11.0 Å². The summed E-state index contributed by atoms with van der Waals surface area (Å²) in [5.41, 5.74) is 1.61. The number of hydrogen-bond acceptors (Lipinski definition) is 2. The quantitative estimate of drug-likeness (QED) is 0.732. The van der Waals surface area contributed by atoms with Gasteiger partial charge < -0.3 is 9.30 Å².